The normalized spacial score (nSPS) is 12.4. The maximum Gasteiger partial charge on any atom is 0.213 e. The molecule has 0 spiro atoms. The molecule has 0 aromatic carbocycles. The number of pyridine rings is 1. The largest absolute Gasteiger partial charge is 0.475 e. The predicted molar refractivity (Wildman–Crippen MR) is 89.8 cm³/mol. The SMILES string of the molecule is CCCCCCC(C)Oc1ccc(CNCCC)c(C)n1. The minimum atomic E-state index is 0.248. The van der Waals surface area contributed by atoms with Crippen LogP contribution in [0.3, 0.4) is 0 Å². The van der Waals surface area contributed by atoms with E-state index in [1.807, 2.05) is 6.07 Å². The quantitative estimate of drug-likeness (QED) is 0.604. The van der Waals surface area contributed by atoms with Crippen molar-refractivity contribution >= 4 is 0 Å². The van der Waals surface area contributed by atoms with Crippen LogP contribution in [0.5, 0.6) is 5.88 Å². The Labute approximate surface area is 130 Å². The third-order valence-electron chi connectivity index (χ3n) is 3.70. The Hall–Kier alpha value is -1.09. The molecule has 0 radical (unpaired) electrons. The topological polar surface area (TPSA) is 34.1 Å². The van der Waals surface area contributed by atoms with E-state index in [2.05, 4.69) is 44.1 Å². The molecule has 1 heterocycles. The summed E-state index contributed by atoms with van der Waals surface area (Å²) < 4.78 is 5.92. The molecule has 0 fully saturated rings. The van der Waals surface area contributed by atoms with Gasteiger partial charge in [0, 0.05) is 18.3 Å². The van der Waals surface area contributed by atoms with Gasteiger partial charge in [0.15, 0.2) is 0 Å². The van der Waals surface area contributed by atoms with E-state index < -0.39 is 0 Å². The fourth-order valence-corrected chi connectivity index (χ4v) is 2.34. The zero-order valence-corrected chi connectivity index (χ0v) is 14.2. The Morgan fingerprint density at radius 1 is 1.14 bits per heavy atom. The molecular formula is C18H32N2O. The van der Waals surface area contributed by atoms with Crippen molar-refractivity contribution in [3.05, 3.63) is 23.4 Å². The Morgan fingerprint density at radius 3 is 2.62 bits per heavy atom. The van der Waals surface area contributed by atoms with Crippen LogP contribution < -0.4 is 10.1 Å². The van der Waals surface area contributed by atoms with E-state index in [0.717, 1.165) is 37.5 Å². The highest BCUT2D eigenvalue weighted by atomic mass is 16.5. The maximum absolute atomic E-state index is 5.92. The van der Waals surface area contributed by atoms with E-state index in [4.69, 9.17) is 4.74 Å². The first-order chi connectivity index (χ1) is 10.2. The molecular weight excluding hydrogens is 260 g/mol. The average molecular weight is 292 g/mol. The molecule has 0 aliphatic heterocycles. The lowest BCUT2D eigenvalue weighted by atomic mass is 10.1. The zero-order chi connectivity index (χ0) is 15.5. The Morgan fingerprint density at radius 2 is 1.95 bits per heavy atom. The summed E-state index contributed by atoms with van der Waals surface area (Å²) in [5, 5.41) is 3.41. The second-order valence-corrected chi connectivity index (χ2v) is 5.85. The minimum absolute atomic E-state index is 0.248. The molecule has 0 saturated carbocycles. The van der Waals surface area contributed by atoms with E-state index in [1.54, 1.807) is 0 Å². The first kappa shape index (κ1) is 18.0. The van der Waals surface area contributed by atoms with Crippen molar-refractivity contribution in [1.29, 1.82) is 0 Å². The van der Waals surface area contributed by atoms with Crippen molar-refractivity contribution in [3.63, 3.8) is 0 Å². The molecule has 0 saturated heterocycles. The highest BCUT2D eigenvalue weighted by Gasteiger charge is 2.07. The van der Waals surface area contributed by atoms with Gasteiger partial charge in [0.2, 0.25) is 5.88 Å². The number of aromatic nitrogens is 1. The number of nitrogens with one attached hydrogen (secondary N) is 1. The number of ether oxygens (including phenoxy) is 1. The molecule has 1 atom stereocenters. The Bertz CT molecular complexity index is 393. The van der Waals surface area contributed by atoms with Gasteiger partial charge in [-0.15, -0.1) is 0 Å². The molecule has 0 amide bonds. The van der Waals surface area contributed by atoms with Crippen molar-refractivity contribution in [2.45, 2.75) is 78.9 Å². The van der Waals surface area contributed by atoms with Crippen molar-refractivity contribution in [2.75, 3.05) is 6.54 Å². The van der Waals surface area contributed by atoms with Crippen LogP contribution in [0.4, 0.5) is 0 Å². The van der Waals surface area contributed by atoms with Crippen molar-refractivity contribution in [3.8, 4) is 5.88 Å². The number of unbranched alkanes of at least 4 members (excludes halogenated alkanes) is 3. The number of rotatable bonds is 11. The van der Waals surface area contributed by atoms with E-state index in [0.29, 0.717) is 0 Å². The van der Waals surface area contributed by atoms with Crippen LogP contribution >= 0.6 is 0 Å². The van der Waals surface area contributed by atoms with Gasteiger partial charge in [-0.3, -0.25) is 0 Å². The molecule has 120 valence electrons. The molecule has 1 rings (SSSR count). The fraction of sp³-hybridized carbons (Fsp3) is 0.722. The van der Waals surface area contributed by atoms with E-state index in [1.165, 1.54) is 31.2 Å². The summed E-state index contributed by atoms with van der Waals surface area (Å²) in [5.74, 6) is 0.759. The minimum Gasteiger partial charge on any atom is -0.475 e. The molecule has 21 heavy (non-hydrogen) atoms. The zero-order valence-electron chi connectivity index (χ0n) is 14.2. The highest BCUT2D eigenvalue weighted by molar-refractivity contribution is 5.25. The first-order valence-electron chi connectivity index (χ1n) is 8.51. The lowest BCUT2D eigenvalue weighted by Gasteiger charge is -2.15. The van der Waals surface area contributed by atoms with Crippen LogP contribution in [0.25, 0.3) is 0 Å². The summed E-state index contributed by atoms with van der Waals surface area (Å²) in [6.07, 6.45) is 7.67. The lowest BCUT2D eigenvalue weighted by Crippen LogP contribution is -2.16. The summed E-state index contributed by atoms with van der Waals surface area (Å²) in [7, 11) is 0. The van der Waals surface area contributed by atoms with Crippen LogP contribution in [-0.4, -0.2) is 17.6 Å². The first-order valence-corrected chi connectivity index (χ1v) is 8.51. The van der Waals surface area contributed by atoms with Gasteiger partial charge in [-0.25, -0.2) is 4.98 Å². The Kier molecular flexibility index (Phi) is 9.07. The second kappa shape index (κ2) is 10.6. The maximum atomic E-state index is 5.92. The van der Waals surface area contributed by atoms with Crippen molar-refractivity contribution < 1.29 is 4.74 Å². The summed E-state index contributed by atoms with van der Waals surface area (Å²) >= 11 is 0. The van der Waals surface area contributed by atoms with Gasteiger partial charge in [-0.1, -0.05) is 39.2 Å². The molecule has 3 heteroatoms. The predicted octanol–water partition coefficient (Wildman–Crippen LogP) is 4.63. The Balaban J connectivity index is 2.39. The van der Waals surface area contributed by atoms with Gasteiger partial charge in [0.1, 0.15) is 0 Å². The molecule has 0 aliphatic rings. The number of hydrogen-bond acceptors (Lipinski definition) is 3. The van der Waals surface area contributed by atoms with Crippen molar-refractivity contribution in [2.24, 2.45) is 0 Å². The van der Waals surface area contributed by atoms with Crippen LogP contribution in [0.15, 0.2) is 12.1 Å². The summed E-state index contributed by atoms with van der Waals surface area (Å²) in [5.41, 5.74) is 2.32. The van der Waals surface area contributed by atoms with E-state index >= 15 is 0 Å². The molecule has 1 aromatic rings. The fourth-order valence-electron chi connectivity index (χ4n) is 2.34. The summed E-state index contributed by atoms with van der Waals surface area (Å²) in [6, 6.07) is 4.13. The van der Waals surface area contributed by atoms with Crippen LogP contribution in [0.1, 0.15) is 70.6 Å². The van der Waals surface area contributed by atoms with Crippen LogP contribution in [0, 0.1) is 6.92 Å². The third-order valence-corrected chi connectivity index (χ3v) is 3.70. The van der Waals surface area contributed by atoms with Gasteiger partial charge in [0.05, 0.1) is 6.10 Å². The van der Waals surface area contributed by atoms with Crippen molar-refractivity contribution in [1.82, 2.24) is 10.3 Å². The van der Waals surface area contributed by atoms with Gasteiger partial charge in [0.25, 0.3) is 0 Å². The number of aryl methyl sites for hydroxylation is 1. The van der Waals surface area contributed by atoms with Gasteiger partial charge in [-0.05, 0) is 45.2 Å². The molecule has 1 unspecified atom stereocenters. The van der Waals surface area contributed by atoms with Crippen LogP contribution in [-0.2, 0) is 6.54 Å². The molecule has 0 bridgehead atoms. The monoisotopic (exact) mass is 292 g/mol. The lowest BCUT2D eigenvalue weighted by molar-refractivity contribution is 0.198. The highest BCUT2D eigenvalue weighted by Crippen LogP contribution is 2.16. The molecule has 1 aromatic heterocycles. The third kappa shape index (κ3) is 7.47. The molecule has 3 nitrogen and oxygen atoms in total. The summed E-state index contributed by atoms with van der Waals surface area (Å²) in [4.78, 5) is 4.57. The smallest absolute Gasteiger partial charge is 0.213 e. The standard InChI is InChI=1S/C18H32N2O/c1-5-7-8-9-10-15(3)21-18-12-11-17(16(4)20-18)14-19-13-6-2/h11-12,15,19H,5-10,13-14H2,1-4H3. The van der Waals surface area contributed by atoms with Gasteiger partial charge >= 0.3 is 0 Å². The number of nitrogens with zero attached hydrogens (tertiary/aromatic N) is 1. The average Bonchev–Trinajstić information content (AvgIpc) is 2.46. The number of hydrogen-bond donors (Lipinski definition) is 1. The molecule has 1 N–H and O–H groups in total. The van der Waals surface area contributed by atoms with Crippen LogP contribution in [0.2, 0.25) is 0 Å². The second-order valence-electron chi connectivity index (χ2n) is 5.85. The van der Waals surface area contributed by atoms with E-state index in [-0.39, 0.29) is 6.10 Å². The summed E-state index contributed by atoms with van der Waals surface area (Å²) in [6.45, 7) is 10.5. The van der Waals surface area contributed by atoms with Gasteiger partial charge in [-0.2, -0.15) is 0 Å². The van der Waals surface area contributed by atoms with Gasteiger partial charge < -0.3 is 10.1 Å². The van der Waals surface area contributed by atoms with E-state index in [9.17, 15) is 0 Å². The molecule has 0 aliphatic carbocycles.